The molecule has 9 heteroatoms. The standard InChI is InChI=1S/C18H24O8S/c1-4-24-16(22)10-6-11(17(23)25-5-2)8-12(7-10)27-18-15(21)14(20)13(19)9(3)26-18/h6-9,13-15,18-21H,4-5H2,1-3H3/t9-,13+,14+,15-,18-/m0/s1. The molecule has 1 aliphatic rings. The maximum Gasteiger partial charge on any atom is 0.338 e. The quantitative estimate of drug-likeness (QED) is 0.599. The molecule has 0 unspecified atom stereocenters. The van der Waals surface area contributed by atoms with Crippen molar-refractivity contribution >= 4 is 23.7 Å². The first-order valence-corrected chi connectivity index (χ1v) is 9.52. The maximum atomic E-state index is 12.1. The van der Waals surface area contributed by atoms with Crippen molar-refractivity contribution in [1.29, 1.82) is 0 Å². The smallest absolute Gasteiger partial charge is 0.338 e. The van der Waals surface area contributed by atoms with Crippen molar-refractivity contribution in [3.63, 3.8) is 0 Å². The van der Waals surface area contributed by atoms with Crippen molar-refractivity contribution in [2.75, 3.05) is 13.2 Å². The van der Waals surface area contributed by atoms with Gasteiger partial charge in [-0.1, -0.05) is 11.8 Å². The van der Waals surface area contributed by atoms with E-state index in [4.69, 9.17) is 14.2 Å². The summed E-state index contributed by atoms with van der Waals surface area (Å²) in [6.07, 6.45) is -4.63. The van der Waals surface area contributed by atoms with Crippen molar-refractivity contribution < 1.29 is 39.1 Å². The van der Waals surface area contributed by atoms with Crippen LogP contribution in [0.4, 0.5) is 0 Å². The molecule has 8 nitrogen and oxygen atoms in total. The van der Waals surface area contributed by atoms with Crippen LogP contribution in [-0.4, -0.2) is 70.3 Å². The normalized spacial score (nSPS) is 27.9. The number of esters is 2. The van der Waals surface area contributed by atoms with Gasteiger partial charge in [-0.2, -0.15) is 0 Å². The number of rotatable bonds is 6. The Morgan fingerprint density at radius 2 is 1.48 bits per heavy atom. The summed E-state index contributed by atoms with van der Waals surface area (Å²) in [7, 11) is 0. The molecule has 3 N–H and O–H groups in total. The summed E-state index contributed by atoms with van der Waals surface area (Å²) in [5, 5.41) is 29.9. The highest BCUT2D eigenvalue weighted by atomic mass is 32.2. The average molecular weight is 400 g/mol. The lowest BCUT2D eigenvalue weighted by Gasteiger charge is -2.38. The Balaban J connectivity index is 2.31. The van der Waals surface area contributed by atoms with Gasteiger partial charge in [0.1, 0.15) is 23.7 Å². The highest BCUT2D eigenvalue weighted by Gasteiger charge is 2.42. The van der Waals surface area contributed by atoms with Crippen LogP contribution in [0.3, 0.4) is 0 Å². The van der Waals surface area contributed by atoms with E-state index in [2.05, 4.69) is 0 Å². The van der Waals surface area contributed by atoms with E-state index in [0.717, 1.165) is 11.8 Å². The predicted molar refractivity (Wildman–Crippen MR) is 96.6 cm³/mol. The third-order valence-corrected chi connectivity index (χ3v) is 5.12. The Labute approximate surface area is 161 Å². The molecule has 27 heavy (non-hydrogen) atoms. The van der Waals surface area contributed by atoms with Crippen molar-refractivity contribution in [3.8, 4) is 0 Å². The molecule has 0 amide bonds. The van der Waals surface area contributed by atoms with Crippen LogP contribution < -0.4 is 0 Å². The van der Waals surface area contributed by atoms with Gasteiger partial charge in [-0.15, -0.1) is 0 Å². The SMILES string of the molecule is CCOC(=O)c1cc(S[C@@H]2O[C@@H](C)[C@@H](O)[C@@H](O)[C@@H]2O)cc(C(=O)OCC)c1. The number of benzene rings is 1. The van der Waals surface area contributed by atoms with Crippen molar-refractivity contribution in [2.45, 2.75) is 55.5 Å². The topological polar surface area (TPSA) is 123 Å². The number of hydrogen-bond donors (Lipinski definition) is 3. The van der Waals surface area contributed by atoms with Gasteiger partial charge in [0.05, 0.1) is 30.4 Å². The number of carbonyl (C=O) groups is 2. The van der Waals surface area contributed by atoms with Crippen LogP contribution in [0.5, 0.6) is 0 Å². The molecule has 0 aromatic heterocycles. The number of hydrogen-bond acceptors (Lipinski definition) is 9. The molecule has 2 rings (SSSR count). The minimum Gasteiger partial charge on any atom is -0.462 e. The fourth-order valence-corrected chi connectivity index (χ4v) is 3.77. The van der Waals surface area contributed by atoms with Gasteiger partial charge < -0.3 is 29.5 Å². The number of carbonyl (C=O) groups excluding carboxylic acids is 2. The molecule has 0 saturated carbocycles. The van der Waals surface area contributed by atoms with Crippen LogP contribution in [0.2, 0.25) is 0 Å². The van der Waals surface area contributed by atoms with Crippen molar-refractivity contribution in [2.24, 2.45) is 0 Å². The second-order valence-electron chi connectivity index (χ2n) is 5.99. The number of aliphatic hydroxyl groups is 3. The number of aliphatic hydroxyl groups excluding tert-OH is 3. The summed E-state index contributed by atoms with van der Waals surface area (Å²) in [5.41, 5.74) is -0.585. The Morgan fingerprint density at radius 1 is 0.963 bits per heavy atom. The highest BCUT2D eigenvalue weighted by Crippen LogP contribution is 2.34. The second kappa shape index (κ2) is 9.52. The Bertz CT molecular complexity index is 643. The molecule has 0 spiro atoms. The van der Waals surface area contributed by atoms with E-state index in [0.29, 0.717) is 4.90 Å². The fourth-order valence-electron chi connectivity index (χ4n) is 2.58. The molecular weight excluding hydrogens is 376 g/mol. The van der Waals surface area contributed by atoms with E-state index < -0.39 is 41.8 Å². The molecule has 1 heterocycles. The van der Waals surface area contributed by atoms with E-state index in [-0.39, 0.29) is 24.3 Å². The Hall–Kier alpha value is -1.65. The number of ether oxygens (including phenoxy) is 3. The van der Waals surface area contributed by atoms with Crippen LogP contribution in [-0.2, 0) is 14.2 Å². The molecule has 0 radical (unpaired) electrons. The fraction of sp³-hybridized carbons (Fsp3) is 0.556. The van der Waals surface area contributed by atoms with E-state index >= 15 is 0 Å². The minimum absolute atomic E-state index is 0.156. The number of thioether (sulfide) groups is 1. The maximum absolute atomic E-state index is 12.1. The molecule has 5 atom stereocenters. The van der Waals surface area contributed by atoms with Crippen LogP contribution in [0.25, 0.3) is 0 Å². The van der Waals surface area contributed by atoms with Crippen molar-refractivity contribution in [1.82, 2.24) is 0 Å². The van der Waals surface area contributed by atoms with Crippen LogP contribution in [0, 0.1) is 0 Å². The zero-order chi connectivity index (χ0) is 20.1. The summed E-state index contributed by atoms with van der Waals surface area (Å²) in [4.78, 5) is 24.6. The molecule has 1 saturated heterocycles. The van der Waals surface area contributed by atoms with Gasteiger partial charge in [-0.05, 0) is 39.0 Å². The Morgan fingerprint density at radius 3 is 1.96 bits per heavy atom. The zero-order valence-electron chi connectivity index (χ0n) is 15.3. The molecule has 1 aromatic carbocycles. The lowest BCUT2D eigenvalue weighted by atomic mass is 10.0. The van der Waals surface area contributed by atoms with Crippen LogP contribution >= 0.6 is 11.8 Å². The lowest BCUT2D eigenvalue weighted by molar-refractivity contribution is -0.192. The first kappa shape index (κ1) is 21.6. The largest absolute Gasteiger partial charge is 0.462 e. The highest BCUT2D eigenvalue weighted by molar-refractivity contribution is 7.99. The molecule has 0 bridgehead atoms. The lowest BCUT2D eigenvalue weighted by Crippen LogP contribution is -2.55. The van der Waals surface area contributed by atoms with E-state index in [1.165, 1.54) is 18.2 Å². The molecular formula is C18H24O8S. The molecule has 0 aliphatic carbocycles. The van der Waals surface area contributed by atoms with E-state index in [9.17, 15) is 24.9 Å². The van der Waals surface area contributed by atoms with Gasteiger partial charge in [-0.3, -0.25) is 0 Å². The van der Waals surface area contributed by atoms with Gasteiger partial charge in [0.25, 0.3) is 0 Å². The first-order chi connectivity index (χ1) is 12.8. The third kappa shape index (κ3) is 5.20. The van der Waals surface area contributed by atoms with Crippen LogP contribution in [0.15, 0.2) is 23.1 Å². The Kier molecular flexibility index (Phi) is 7.63. The summed E-state index contributed by atoms with van der Waals surface area (Å²) in [6.45, 7) is 5.27. The molecule has 1 fully saturated rings. The second-order valence-corrected chi connectivity index (χ2v) is 7.16. The van der Waals surface area contributed by atoms with Gasteiger partial charge >= 0.3 is 11.9 Å². The summed E-state index contributed by atoms with van der Waals surface area (Å²) in [6, 6.07) is 4.38. The first-order valence-electron chi connectivity index (χ1n) is 8.64. The van der Waals surface area contributed by atoms with E-state index in [1.54, 1.807) is 20.8 Å². The van der Waals surface area contributed by atoms with Gasteiger partial charge in [0.2, 0.25) is 0 Å². The third-order valence-electron chi connectivity index (χ3n) is 3.99. The summed E-state index contributed by atoms with van der Waals surface area (Å²) < 4.78 is 15.5. The van der Waals surface area contributed by atoms with Crippen LogP contribution in [0.1, 0.15) is 41.5 Å². The zero-order valence-corrected chi connectivity index (χ0v) is 16.1. The monoisotopic (exact) mass is 400 g/mol. The van der Waals surface area contributed by atoms with Gasteiger partial charge in [0.15, 0.2) is 0 Å². The summed E-state index contributed by atoms with van der Waals surface area (Å²) >= 11 is 1.02. The summed E-state index contributed by atoms with van der Waals surface area (Å²) in [5.74, 6) is -1.20. The van der Waals surface area contributed by atoms with Gasteiger partial charge in [-0.25, -0.2) is 9.59 Å². The van der Waals surface area contributed by atoms with E-state index in [1.807, 2.05) is 0 Å². The minimum atomic E-state index is -1.37. The predicted octanol–water partition coefficient (Wildman–Crippen LogP) is 0.960. The molecule has 1 aromatic rings. The molecule has 1 aliphatic heterocycles. The molecule has 150 valence electrons. The van der Waals surface area contributed by atoms with Gasteiger partial charge in [0, 0.05) is 4.90 Å². The average Bonchev–Trinajstić information content (AvgIpc) is 2.64. The van der Waals surface area contributed by atoms with Crippen molar-refractivity contribution in [3.05, 3.63) is 29.3 Å².